The second-order valence-electron chi connectivity index (χ2n) is 4.91. The lowest BCUT2D eigenvalue weighted by atomic mass is 10.3. The van der Waals surface area contributed by atoms with Gasteiger partial charge < -0.3 is 9.15 Å². The second-order valence-corrected chi connectivity index (χ2v) is 5.76. The van der Waals surface area contributed by atoms with Crippen molar-refractivity contribution in [1.82, 2.24) is 10.9 Å². The molecule has 0 spiro atoms. The highest BCUT2D eigenvalue weighted by Gasteiger charge is 2.05. The van der Waals surface area contributed by atoms with E-state index in [1.54, 1.807) is 30.3 Å². The molecule has 25 heavy (non-hydrogen) atoms. The summed E-state index contributed by atoms with van der Waals surface area (Å²) in [7, 11) is 0. The van der Waals surface area contributed by atoms with E-state index >= 15 is 0 Å². The van der Waals surface area contributed by atoms with Crippen molar-refractivity contribution in [2.45, 2.75) is 12.8 Å². The van der Waals surface area contributed by atoms with Gasteiger partial charge in [-0.15, -0.1) is 0 Å². The van der Waals surface area contributed by atoms with Crippen LogP contribution in [0.3, 0.4) is 0 Å². The highest BCUT2D eigenvalue weighted by Crippen LogP contribution is 2.27. The molecule has 2 aromatic rings. The molecule has 1 heterocycles. The van der Waals surface area contributed by atoms with Crippen LogP contribution in [-0.4, -0.2) is 18.4 Å². The molecule has 2 rings (SSSR count). The Morgan fingerprint density at radius 1 is 1.20 bits per heavy atom. The molecule has 8 heteroatoms. The largest absolute Gasteiger partial charge is 0.492 e. The number of hydrazine groups is 1. The number of carbonyl (C=O) groups is 2. The Kier molecular flexibility index (Phi) is 7.37. The molecule has 0 aliphatic rings. The fourth-order valence-corrected chi connectivity index (χ4v) is 2.25. The first-order valence-corrected chi connectivity index (χ1v) is 8.18. The smallest absolute Gasteiger partial charge is 0.262 e. The van der Waals surface area contributed by atoms with Crippen LogP contribution in [0, 0.1) is 0 Å². The topological polar surface area (TPSA) is 80.6 Å². The van der Waals surface area contributed by atoms with Crippen LogP contribution < -0.4 is 15.6 Å². The summed E-state index contributed by atoms with van der Waals surface area (Å²) in [5.41, 5.74) is 4.59. The Bertz CT molecular complexity index is 745. The van der Waals surface area contributed by atoms with Gasteiger partial charge in [0.05, 0.1) is 17.9 Å². The molecular weight excluding hydrogens is 367 g/mol. The summed E-state index contributed by atoms with van der Waals surface area (Å²) in [6.45, 7) is 0.307. The lowest BCUT2D eigenvalue weighted by Crippen LogP contribution is -2.40. The molecule has 1 aromatic carbocycles. The van der Waals surface area contributed by atoms with Crippen molar-refractivity contribution in [2.75, 3.05) is 6.61 Å². The van der Waals surface area contributed by atoms with Crippen LogP contribution in [0.2, 0.25) is 10.0 Å². The third-order valence-electron chi connectivity index (χ3n) is 2.97. The van der Waals surface area contributed by atoms with Crippen LogP contribution >= 0.6 is 23.2 Å². The lowest BCUT2D eigenvalue weighted by Gasteiger charge is -2.08. The van der Waals surface area contributed by atoms with Crippen molar-refractivity contribution < 1.29 is 18.7 Å². The quantitative estimate of drug-likeness (QED) is 0.435. The maximum Gasteiger partial charge on any atom is 0.262 e. The highest BCUT2D eigenvalue weighted by atomic mass is 35.5. The normalized spacial score (nSPS) is 10.6. The minimum absolute atomic E-state index is 0.188. The number of ether oxygens (including phenoxy) is 1. The van der Waals surface area contributed by atoms with E-state index in [1.165, 1.54) is 18.4 Å². The number of hydrogen-bond donors (Lipinski definition) is 2. The van der Waals surface area contributed by atoms with Crippen molar-refractivity contribution in [3.8, 4) is 5.75 Å². The molecule has 0 unspecified atom stereocenters. The predicted molar refractivity (Wildman–Crippen MR) is 95.2 cm³/mol. The zero-order valence-electron chi connectivity index (χ0n) is 13.1. The average molecular weight is 383 g/mol. The first-order valence-electron chi connectivity index (χ1n) is 7.43. The van der Waals surface area contributed by atoms with Crippen LogP contribution in [0.5, 0.6) is 5.75 Å². The van der Waals surface area contributed by atoms with Crippen LogP contribution in [-0.2, 0) is 9.59 Å². The first-order chi connectivity index (χ1) is 12.0. The molecule has 2 N–H and O–H groups in total. The van der Waals surface area contributed by atoms with Crippen molar-refractivity contribution in [2.24, 2.45) is 0 Å². The van der Waals surface area contributed by atoms with Crippen LogP contribution in [0.1, 0.15) is 18.6 Å². The fraction of sp³-hybridized carbons (Fsp3) is 0.176. The van der Waals surface area contributed by atoms with E-state index in [0.29, 0.717) is 34.6 Å². The van der Waals surface area contributed by atoms with E-state index in [4.69, 9.17) is 32.4 Å². The molecule has 132 valence electrons. The standard InChI is InChI=1S/C17H16Cl2N2O4/c18-12-5-7-15(14(19)11-12)25-10-2-4-16(22)20-21-17(23)8-6-13-3-1-9-24-13/h1,3,5-9,11H,2,4,10H2,(H,20,22)(H,21,23). The summed E-state index contributed by atoms with van der Waals surface area (Å²) in [6, 6.07) is 8.32. The Morgan fingerprint density at radius 2 is 2.04 bits per heavy atom. The molecule has 2 amide bonds. The van der Waals surface area contributed by atoms with Gasteiger partial charge >= 0.3 is 0 Å². The summed E-state index contributed by atoms with van der Waals surface area (Å²) in [4.78, 5) is 23.2. The van der Waals surface area contributed by atoms with Gasteiger partial charge in [-0.3, -0.25) is 20.4 Å². The molecular formula is C17H16Cl2N2O4. The predicted octanol–water partition coefficient (Wildman–Crippen LogP) is 3.61. The van der Waals surface area contributed by atoms with Crippen molar-refractivity contribution >= 4 is 41.1 Å². The van der Waals surface area contributed by atoms with Crippen molar-refractivity contribution in [3.05, 3.63) is 58.5 Å². The van der Waals surface area contributed by atoms with Gasteiger partial charge in [-0.05, 0) is 42.8 Å². The molecule has 0 atom stereocenters. The van der Waals surface area contributed by atoms with E-state index in [9.17, 15) is 9.59 Å². The molecule has 0 radical (unpaired) electrons. The maximum absolute atomic E-state index is 11.6. The van der Waals surface area contributed by atoms with E-state index in [1.807, 2.05) is 0 Å². The number of halogens is 2. The van der Waals surface area contributed by atoms with Gasteiger partial charge in [0.25, 0.3) is 5.91 Å². The van der Waals surface area contributed by atoms with E-state index in [0.717, 1.165) is 0 Å². The van der Waals surface area contributed by atoms with Gasteiger partial charge in [-0.25, -0.2) is 0 Å². The zero-order chi connectivity index (χ0) is 18.1. The third-order valence-corrected chi connectivity index (χ3v) is 3.50. The zero-order valence-corrected chi connectivity index (χ0v) is 14.6. The number of amides is 2. The Hall–Kier alpha value is -2.44. The fourth-order valence-electron chi connectivity index (χ4n) is 1.79. The summed E-state index contributed by atoms with van der Waals surface area (Å²) in [6.07, 6.45) is 4.89. The summed E-state index contributed by atoms with van der Waals surface area (Å²) >= 11 is 11.8. The van der Waals surface area contributed by atoms with Gasteiger partial charge in [0, 0.05) is 17.5 Å². The Morgan fingerprint density at radius 3 is 2.76 bits per heavy atom. The van der Waals surface area contributed by atoms with Crippen LogP contribution in [0.4, 0.5) is 0 Å². The maximum atomic E-state index is 11.6. The van der Waals surface area contributed by atoms with Crippen LogP contribution in [0.15, 0.2) is 47.1 Å². The molecule has 0 aliphatic carbocycles. The minimum atomic E-state index is -0.464. The van der Waals surface area contributed by atoms with Gasteiger partial charge in [0.2, 0.25) is 5.91 Å². The molecule has 0 aliphatic heterocycles. The molecule has 0 saturated carbocycles. The molecule has 0 saturated heterocycles. The molecule has 6 nitrogen and oxygen atoms in total. The minimum Gasteiger partial charge on any atom is -0.492 e. The number of rotatable bonds is 7. The first kappa shape index (κ1) is 18.9. The van der Waals surface area contributed by atoms with Gasteiger partial charge in [0.1, 0.15) is 11.5 Å². The van der Waals surface area contributed by atoms with Gasteiger partial charge in [-0.2, -0.15) is 0 Å². The molecule has 0 fully saturated rings. The van der Waals surface area contributed by atoms with Crippen molar-refractivity contribution in [3.63, 3.8) is 0 Å². The van der Waals surface area contributed by atoms with Gasteiger partial charge in [-0.1, -0.05) is 23.2 Å². The number of nitrogens with one attached hydrogen (secondary N) is 2. The second kappa shape index (κ2) is 9.76. The summed E-state index contributed by atoms with van der Waals surface area (Å²) in [5, 5.41) is 0.932. The number of hydrogen-bond acceptors (Lipinski definition) is 4. The van der Waals surface area contributed by atoms with Gasteiger partial charge in [0.15, 0.2) is 0 Å². The van der Waals surface area contributed by atoms with Crippen LogP contribution in [0.25, 0.3) is 6.08 Å². The lowest BCUT2D eigenvalue weighted by molar-refractivity contribution is -0.126. The van der Waals surface area contributed by atoms with Crippen molar-refractivity contribution in [1.29, 1.82) is 0 Å². The van der Waals surface area contributed by atoms with E-state index < -0.39 is 5.91 Å². The molecule has 1 aromatic heterocycles. The summed E-state index contributed by atoms with van der Waals surface area (Å²) in [5.74, 6) is 0.252. The Balaban J connectivity index is 1.61. The number of furan rings is 1. The third kappa shape index (κ3) is 6.91. The van der Waals surface area contributed by atoms with E-state index in [2.05, 4.69) is 10.9 Å². The number of carbonyl (C=O) groups excluding carboxylic acids is 2. The monoisotopic (exact) mass is 382 g/mol. The average Bonchev–Trinajstić information content (AvgIpc) is 3.10. The number of benzene rings is 1. The molecule has 0 bridgehead atoms. The Labute approximate surface area is 154 Å². The summed E-state index contributed by atoms with van der Waals surface area (Å²) < 4.78 is 10.5. The van der Waals surface area contributed by atoms with E-state index in [-0.39, 0.29) is 12.3 Å². The SMILES string of the molecule is O=C(C=Cc1ccco1)NNC(=O)CCCOc1ccc(Cl)cc1Cl. The highest BCUT2D eigenvalue weighted by molar-refractivity contribution is 6.35.